The van der Waals surface area contributed by atoms with Gasteiger partial charge in [-0.25, -0.2) is 0 Å². The Labute approximate surface area is 203 Å². The van der Waals surface area contributed by atoms with Gasteiger partial charge in [0.2, 0.25) is 0 Å². The zero-order valence-corrected chi connectivity index (χ0v) is 20.0. The molecule has 1 aliphatic carbocycles. The maximum absolute atomic E-state index is 13.7. The maximum Gasteiger partial charge on any atom is 0.332 e. The normalized spacial score (nSPS) is 15.0. The average molecular weight is 511 g/mol. The van der Waals surface area contributed by atoms with Gasteiger partial charge in [-0.05, 0) is 70.5 Å². The molecule has 0 radical (unpaired) electrons. The molecule has 4 aromatic rings. The number of hydrogen-bond donors (Lipinski definition) is 0. The third-order valence-electron chi connectivity index (χ3n) is 6.64. The second-order valence-electron chi connectivity index (χ2n) is 8.49. The van der Waals surface area contributed by atoms with E-state index in [9.17, 15) is 24.6 Å². The van der Waals surface area contributed by atoms with Crippen LogP contribution in [0.3, 0.4) is 0 Å². The Kier molecular flexibility index (Phi) is 5.61. The zero-order valence-electron chi connectivity index (χ0n) is 18.4. The van der Waals surface area contributed by atoms with E-state index in [-0.39, 0.29) is 0 Å². The van der Waals surface area contributed by atoms with Gasteiger partial charge in [-0.1, -0.05) is 72.8 Å². The van der Waals surface area contributed by atoms with Crippen molar-refractivity contribution >= 4 is 20.4 Å². The van der Waals surface area contributed by atoms with Crippen molar-refractivity contribution in [1.29, 1.82) is 0 Å². The summed E-state index contributed by atoms with van der Waals surface area (Å²) < 4.78 is 73.4. The lowest BCUT2D eigenvalue weighted by molar-refractivity contribution is 0.550. The summed E-state index contributed by atoms with van der Waals surface area (Å²) in [7, 11) is -9.79. The van der Waals surface area contributed by atoms with Gasteiger partial charge in [-0.3, -0.25) is 0 Å². The van der Waals surface area contributed by atoms with E-state index in [1.807, 2.05) is 48.5 Å². The first kappa shape index (κ1) is 23.4. The van der Waals surface area contributed by atoms with Crippen LogP contribution in [0.15, 0.2) is 107 Å². The topological polar surface area (TPSA) is 68.3 Å². The molecular weight excluding hydrogens is 490 g/mol. The standard InChI is InChI=1S/C27H20F2O4S2/c28-34(30,31)23-15-11-21(12-16-23)27(22-13-17-24(18-14-22)35(29,32)33)25-7-3-1-5-19(25)9-10-20-6-2-4-8-26(20)27/h1-8,11-18H,9-10H2. The van der Waals surface area contributed by atoms with E-state index in [2.05, 4.69) is 0 Å². The fourth-order valence-electron chi connectivity index (χ4n) is 5.15. The molecule has 4 nitrogen and oxygen atoms in total. The van der Waals surface area contributed by atoms with E-state index in [4.69, 9.17) is 0 Å². The fourth-order valence-corrected chi connectivity index (χ4v) is 6.07. The van der Waals surface area contributed by atoms with Crippen LogP contribution in [0.1, 0.15) is 33.4 Å². The molecule has 178 valence electrons. The minimum Gasteiger partial charge on any atom is -0.189 e. The predicted octanol–water partition coefficient (Wildman–Crippen LogP) is 5.48. The molecule has 0 aromatic heterocycles. The molecule has 0 unspecified atom stereocenters. The third-order valence-corrected chi connectivity index (χ3v) is 8.31. The predicted molar refractivity (Wildman–Crippen MR) is 129 cm³/mol. The minimum atomic E-state index is -4.89. The van der Waals surface area contributed by atoms with Gasteiger partial charge in [0.25, 0.3) is 0 Å². The third kappa shape index (κ3) is 3.96. The van der Waals surface area contributed by atoms with Crippen LogP contribution in [-0.4, -0.2) is 16.8 Å². The van der Waals surface area contributed by atoms with E-state index in [1.165, 1.54) is 24.3 Å². The summed E-state index contributed by atoms with van der Waals surface area (Å²) in [5.74, 6) is 0. The molecule has 35 heavy (non-hydrogen) atoms. The van der Waals surface area contributed by atoms with Crippen LogP contribution in [0, 0.1) is 0 Å². The maximum atomic E-state index is 13.7. The lowest BCUT2D eigenvalue weighted by Crippen LogP contribution is -2.32. The van der Waals surface area contributed by atoms with E-state index in [1.54, 1.807) is 24.3 Å². The second-order valence-corrected chi connectivity index (χ2v) is 11.2. The first-order valence-corrected chi connectivity index (χ1v) is 13.7. The van der Waals surface area contributed by atoms with E-state index in [0.29, 0.717) is 11.1 Å². The SMILES string of the molecule is O=S(=O)(F)c1ccc(C2(c3ccc(S(=O)(=O)F)cc3)c3ccccc3CCc3ccccc32)cc1. The number of hydrogen-bond acceptors (Lipinski definition) is 4. The molecule has 0 saturated carbocycles. The second kappa shape index (κ2) is 8.39. The van der Waals surface area contributed by atoms with Crippen molar-refractivity contribution in [2.24, 2.45) is 0 Å². The molecule has 0 atom stereocenters. The first-order valence-electron chi connectivity index (χ1n) is 10.9. The summed E-state index contributed by atoms with van der Waals surface area (Å²) in [6.45, 7) is 0. The Morgan fingerprint density at radius 1 is 0.514 bits per heavy atom. The van der Waals surface area contributed by atoms with Crippen molar-refractivity contribution in [3.63, 3.8) is 0 Å². The van der Waals surface area contributed by atoms with Crippen molar-refractivity contribution in [2.75, 3.05) is 0 Å². The summed E-state index contributed by atoms with van der Waals surface area (Å²) in [6.07, 6.45) is 1.51. The molecule has 0 spiro atoms. The van der Waals surface area contributed by atoms with Crippen LogP contribution in [0.2, 0.25) is 0 Å². The van der Waals surface area contributed by atoms with Crippen LogP contribution >= 0.6 is 0 Å². The van der Waals surface area contributed by atoms with Gasteiger partial charge < -0.3 is 0 Å². The quantitative estimate of drug-likeness (QED) is 0.341. The molecule has 4 aromatic carbocycles. The van der Waals surface area contributed by atoms with Crippen molar-refractivity contribution in [3.8, 4) is 0 Å². The van der Waals surface area contributed by atoms with Crippen LogP contribution < -0.4 is 0 Å². The van der Waals surface area contributed by atoms with Gasteiger partial charge in [0.05, 0.1) is 15.2 Å². The molecule has 5 rings (SSSR count). The fraction of sp³-hybridized carbons (Fsp3) is 0.111. The molecule has 0 heterocycles. The Bertz CT molecular complexity index is 1500. The van der Waals surface area contributed by atoms with Crippen molar-refractivity contribution in [2.45, 2.75) is 28.0 Å². The van der Waals surface area contributed by atoms with Gasteiger partial charge in [0.15, 0.2) is 0 Å². The average Bonchev–Trinajstić information content (AvgIpc) is 2.99. The molecule has 0 fully saturated rings. The van der Waals surface area contributed by atoms with Crippen LogP contribution in [-0.2, 0) is 38.7 Å². The molecule has 0 bridgehead atoms. The number of rotatable bonds is 4. The van der Waals surface area contributed by atoms with Gasteiger partial charge in [-0.2, -0.15) is 16.8 Å². The molecule has 0 N–H and O–H groups in total. The van der Waals surface area contributed by atoms with Crippen molar-refractivity contribution < 1.29 is 24.6 Å². The Hall–Kier alpha value is -3.36. The minimum absolute atomic E-state index is 0.453. The Morgan fingerprint density at radius 2 is 0.857 bits per heavy atom. The van der Waals surface area contributed by atoms with Gasteiger partial charge in [0.1, 0.15) is 0 Å². The molecule has 8 heteroatoms. The number of fused-ring (bicyclic) bond motifs is 2. The lowest BCUT2D eigenvalue weighted by atomic mass is 9.64. The summed E-state index contributed by atoms with van der Waals surface area (Å²) >= 11 is 0. The monoisotopic (exact) mass is 510 g/mol. The molecule has 1 aliphatic rings. The highest BCUT2D eigenvalue weighted by Crippen LogP contribution is 2.49. The molecular formula is C27H20F2O4S2. The molecule has 0 saturated heterocycles. The number of aryl methyl sites for hydroxylation is 2. The number of halogens is 2. The zero-order chi connectivity index (χ0) is 24.8. The highest BCUT2D eigenvalue weighted by Gasteiger charge is 2.42. The van der Waals surface area contributed by atoms with Crippen LogP contribution in [0.4, 0.5) is 7.77 Å². The molecule has 0 amide bonds. The molecule has 0 aliphatic heterocycles. The Balaban J connectivity index is 1.91. The summed E-state index contributed by atoms with van der Waals surface area (Å²) in [5.41, 5.74) is 4.33. The first-order chi connectivity index (χ1) is 16.6. The Morgan fingerprint density at radius 3 is 1.20 bits per heavy atom. The van der Waals surface area contributed by atoms with Crippen molar-refractivity contribution in [1.82, 2.24) is 0 Å². The summed E-state index contributed by atoms with van der Waals surface area (Å²) in [5, 5.41) is 0. The summed E-state index contributed by atoms with van der Waals surface area (Å²) in [4.78, 5) is -0.907. The smallest absolute Gasteiger partial charge is 0.189 e. The lowest BCUT2D eigenvalue weighted by Gasteiger charge is -2.38. The van der Waals surface area contributed by atoms with Gasteiger partial charge >= 0.3 is 20.4 Å². The number of benzene rings is 4. The van der Waals surface area contributed by atoms with E-state index >= 15 is 0 Å². The van der Waals surface area contributed by atoms with Crippen molar-refractivity contribution in [3.05, 3.63) is 130 Å². The van der Waals surface area contributed by atoms with E-state index < -0.39 is 35.7 Å². The summed E-state index contributed by atoms with van der Waals surface area (Å²) in [6, 6.07) is 26.9. The van der Waals surface area contributed by atoms with E-state index in [0.717, 1.165) is 35.1 Å². The van der Waals surface area contributed by atoms with Crippen LogP contribution in [0.25, 0.3) is 0 Å². The van der Waals surface area contributed by atoms with Crippen LogP contribution in [0.5, 0.6) is 0 Å². The van der Waals surface area contributed by atoms with Gasteiger partial charge in [-0.15, -0.1) is 7.77 Å². The highest BCUT2D eigenvalue weighted by atomic mass is 32.3. The largest absolute Gasteiger partial charge is 0.332 e. The highest BCUT2D eigenvalue weighted by molar-refractivity contribution is 7.86. The van der Waals surface area contributed by atoms with Gasteiger partial charge in [0, 0.05) is 0 Å².